The van der Waals surface area contributed by atoms with Crippen molar-refractivity contribution in [2.24, 2.45) is 0 Å². The molecule has 2 aromatic carbocycles. The molecule has 1 amide bonds. The van der Waals surface area contributed by atoms with Crippen LogP contribution in [0.2, 0.25) is 5.02 Å². The van der Waals surface area contributed by atoms with Gasteiger partial charge in [-0.1, -0.05) is 29.3 Å². The topological polar surface area (TPSA) is 64.6 Å². The number of esters is 1. The van der Waals surface area contributed by atoms with E-state index in [1.54, 1.807) is 37.4 Å². The first kappa shape index (κ1) is 18.8. The number of benzene rings is 2. The van der Waals surface area contributed by atoms with Gasteiger partial charge in [0.05, 0.1) is 13.5 Å². The van der Waals surface area contributed by atoms with Gasteiger partial charge in [-0.2, -0.15) is 0 Å². The largest absolute Gasteiger partial charge is 0.496 e. The van der Waals surface area contributed by atoms with Crippen molar-refractivity contribution >= 4 is 29.2 Å². The maximum absolute atomic E-state index is 12.1. The van der Waals surface area contributed by atoms with Crippen molar-refractivity contribution in [3.05, 3.63) is 58.6 Å². The predicted molar refractivity (Wildman–Crippen MR) is 97.1 cm³/mol. The molecule has 1 atom stereocenters. The van der Waals surface area contributed by atoms with E-state index >= 15 is 0 Å². The van der Waals surface area contributed by atoms with Gasteiger partial charge in [-0.05, 0) is 44.2 Å². The summed E-state index contributed by atoms with van der Waals surface area (Å²) in [6.45, 7) is 3.45. The SMILES string of the molecule is COc1ccc(C)cc1CC(=O)O[C@@H](C)C(=O)Nc1ccc(Cl)cc1. The molecular weight excluding hydrogens is 342 g/mol. The van der Waals surface area contributed by atoms with Crippen LogP contribution in [0.1, 0.15) is 18.1 Å². The number of methoxy groups -OCH3 is 1. The molecule has 0 fully saturated rings. The van der Waals surface area contributed by atoms with Gasteiger partial charge in [-0.3, -0.25) is 9.59 Å². The summed E-state index contributed by atoms with van der Waals surface area (Å²) in [5, 5.41) is 3.24. The molecule has 5 nitrogen and oxygen atoms in total. The van der Waals surface area contributed by atoms with Gasteiger partial charge in [0.2, 0.25) is 0 Å². The lowest BCUT2D eigenvalue weighted by Crippen LogP contribution is -2.30. The fourth-order valence-electron chi connectivity index (χ4n) is 2.27. The molecule has 25 heavy (non-hydrogen) atoms. The molecule has 0 aromatic heterocycles. The molecule has 1 N–H and O–H groups in total. The molecule has 0 unspecified atom stereocenters. The molecule has 2 aromatic rings. The van der Waals surface area contributed by atoms with E-state index < -0.39 is 18.0 Å². The zero-order valence-corrected chi connectivity index (χ0v) is 15.1. The van der Waals surface area contributed by atoms with Crippen LogP contribution in [0.25, 0.3) is 0 Å². The Kier molecular flexibility index (Phi) is 6.42. The van der Waals surface area contributed by atoms with E-state index in [9.17, 15) is 9.59 Å². The normalized spacial score (nSPS) is 11.5. The Morgan fingerprint density at radius 1 is 1.16 bits per heavy atom. The molecule has 0 spiro atoms. The van der Waals surface area contributed by atoms with Crippen LogP contribution in [-0.2, 0) is 20.7 Å². The van der Waals surface area contributed by atoms with E-state index in [4.69, 9.17) is 21.1 Å². The highest BCUT2D eigenvalue weighted by molar-refractivity contribution is 6.30. The first-order valence-corrected chi connectivity index (χ1v) is 8.16. The summed E-state index contributed by atoms with van der Waals surface area (Å²) in [5.41, 5.74) is 2.31. The maximum Gasteiger partial charge on any atom is 0.311 e. The predicted octanol–water partition coefficient (Wildman–Crippen LogP) is 3.77. The Balaban J connectivity index is 1.94. The van der Waals surface area contributed by atoms with Crippen LogP contribution < -0.4 is 10.1 Å². The highest BCUT2D eigenvalue weighted by Crippen LogP contribution is 2.21. The van der Waals surface area contributed by atoms with Crippen LogP contribution in [0.4, 0.5) is 5.69 Å². The minimum atomic E-state index is -0.918. The summed E-state index contributed by atoms with van der Waals surface area (Å²) in [6.07, 6.45) is -0.886. The van der Waals surface area contributed by atoms with Crippen molar-refractivity contribution < 1.29 is 19.1 Å². The van der Waals surface area contributed by atoms with Gasteiger partial charge in [0.1, 0.15) is 5.75 Å². The molecule has 0 saturated heterocycles. The number of aryl methyl sites for hydroxylation is 1. The number of hydrogen-bond acceptors (Lipinski definition) is 4. The molecule has 0 bridgehead atoms. The summed E-state index contributed by atoms with van der Waals surface area (Å²) in [7, 11) is 1.54. The molecule has 132 valence electrons. The number of carbonyl (C=O) groups is 2. The Morgan fingerprint density at radius 2 is 1.84 bits per heavy atom. The minimum absolute atomic E-state index is 0.0312. The van der Waals surface area contributed by atoms with Crippen molar-refractivity contribution in [1.82, 2.24) is 0 Å². The Morgan fingerprint density at radius 3 is 2.48 bits per heavy atom. The van der Waals surface area contributed by atoms with E-state index in [-0.39, 0.29) is 6.42 Å². The lowest BCUT2D eigenvalue weighted by atomic mass is 10.1. The van der Waals surface area contributed by atoms with Gasteiger partial charge in [-0.25, -0.2) is 0 Å². The lowest BCUT2D eigenvalue weighted by molar-refractivity contribution is -0.152. The second kappa shape index (κ2) is 8.53. The van der Waals surface area contributed by atoms with Gasteiger partial charge in [0.25, 0.3) is 5.91 Å². The standard InChI is InChI=1S/C19H20ClNO4/c1-12-4-9-17(24-3)14(10-12)11-18(22)25-13(2)19(23)21-16-7-5-15(20)6-8-16/h4-10,13H,11H2,1-3H3,(H,21,23)/t13-/m0/s1. The average molecular weight is 362 g/mol. The lowest BCUT2D eigenvalue weighted by Gasteiger charge is -2.14. The summed E-state index contributed by atoms with van der Waals surface area (Å²) in [6, 6.07) is 12.2. The molecule has 0 aliphatic heterocycles. The number of halogens is 1. The Labute approximate surface area is 151 Å². The van der Waals surface area contributed by atoms with Crippen LogP contribution in [0, 0.1) is 6.92 Å². The summed E-state index contributed by atoms with van der Waals surface area (Å²) >= 11 is 5.80. The first-order chi connectivity index (χ1) is 11.9. The Bertz CT molecular complexity index is 759. The number of carbonyl (C=O) groups excluding carboxylic acids is 2. The van der Waals surface area contributed by atoms with E-state index in [1.807, 2.05) is 19.1 Å². The monoisotopic (exact) mass is 361 g/mol. The smallest absolute Gasteiger partial charge is 0.311 e. The van der Waals surface area contributed by atoms with Gasteiger partial charge >= 0.3 is 5.97 Å². The first-order valence-electron chi connectivity index (χ1n) is 7.78. The fraction of sp³-hybridized carbons (Fsp3) is 0.263. The summed E-state index contributed by atoms with van der Waals surface area (Å²) in [4.78, 5) is 24.2. The van der Waals surface area contributed by atoms with Crippen LogP contribution in [0.3, 0.4) is 0 Å². The zero-order valence-electron chi connectivity index (χ0n) is 14.3. The fourth-order valence-corrected chi connectivity index (χ4v) is 2.40. The van der Waals surface area contributed by atoms with Crippen LogP contribution in [0.15, 0.2) is 42.5 Å². The Hall–Kier alpha value is -2.53. The molecule has 6 heteroatoms. The average Bonchev–Trinajstić information content (AvgIpc) is 2.57. The van der Waals surface area contributed by atoms with Crippen LogP contribution in [0.5, 0.6) is 5.75 Å². The third-order valence-electron chi connectivity index (χ3n) is 3.56. The third-order valence-corrected chi connectivity index (χ3v) is 3.81. The van der Waals surface area contributed by atoms with E-state index in [1.165, 1.54) is 6.92 Å². The number of amides is 1. The van der Waals surface area contributed by atoms with E-state index in [2.05, 4.69) is 5.32 Å². The van der Waals surface area contributed by atoms with Crippen molar-refractivity contribution in [3.8, 4) is 5.75 Å². The number of ether oxygens (including phenoxy) is 2. The van der Waals surface area contributed by atoms with Crippen LogP contribution >= 0.6 is 11.6 Å². The summed E-state index contributed by atoms with van der Waals surface area (Å²) < 4.78 is 10.5. The van der Waals surface area contributed by atoms with Crippen LogP contribution in [-0.4, -0.2) is 25.1 Å². The molecular formula is C19H20ClNO4. The molecule has 0 aliphatic rings. The molecule has 2 rings (SSSR count). The van der Waals surface area contributed by atoms with Gasteiger partial charge < -0.3 is 14.8 Å². The van der Waals surface area contributed by atoms with Crippen molar-refractivity contribution in [2.45, 2.75) is 26.4 Å². The second-order valence-electron chi connectivity index (χ2n) is 5.62. The molecule has 0 aliphatic carbocycles. The van der Waals surface area contributed by atoms with Gasteiger partial charge in [-0.15, -0.1) is 0 Å². The number of anilines is 1. The number of nitrogens with one attached hydrogen (secondary N) is 1. The molecule has 0 heterocycles. The van der Waals surface area contributed by atoms with Crippen molar-refractivity contribution in [3.63, 3.8) is 0 Å². The maximum atomic E-state index is 12.1. The highest BCUT2D eigenvalue weighted by atomic mass is 35.5. The zero-order chi connectivity index (χ0) is 18.4. The van der Waals surface area contributed by atoms with E-state index in [0.29, 0.717) is 16.5 Å². The summed E-state index contributed by atoms with van der Waals surface area (Å²) in [5.74, 6) is -0.296. The minimum Gasteiger partial charge on any atom is -0.496 e. The second-order valence-corrected chi connectivity index (χ2v) is 6.06. The quantitative estimate of drug-likeness (QED) is 0.795. The number of rotatable bonds is 6. The van der Waals surface area contributed by atoms with Gasteiger partial charge in [0, 0.05) is 16.3 Å². The van der Waals surface area contributed by atoms with Gasteiger partial charge in [0.15, 0.2) is 6.10 Å². The van der Waals surface area contributed by atoms with E-state index in [0.717, 1.165) is 11.1 Å². The third kappa shape index (κ3) is 5.50. The van der Waals surface area contributed by atoms with Crippen molar-refractivity contribution in [1.29, 1.82) is 0 Å². The van der Waals surface area contributed by atoms with Crippen molar-refractivity contribution in [2.75, 3.05) is 12.4 Å². The molecule has 0 radical (unpaired) electrons. The molecule has 0 saturated carbocycles. The number of hydrogen-bond donors (Lipinski definition) is 1. The highest BCUT2D eigenvalue weighted by Gasteiger charge is 2.19.